The Morgan fingerprint density at radius 1 is 1.10 bits per heavy atom. The number of nitrogens with one attached hydrogen (secondary N) is 1. The van der Waals surface area contributed by atoms with E-state index in [1.807, 2.05) is 36.5 Å². The van der Waals surface area contributed by atoms with Crippen LogP contribution in [0.4, 0.5) is 11.5 Å². The van der Waals surface area contributed by atoms with Crippen molar-refractivity contribution < 1.29 is 14.3 Å². The van der Waals surface area contributed by atoms with Crippen LogP contribution in [0.5, 0.6) is 11.5 Å². The molecule has 1 amide bonds. The zero-order valence-corrected chi connectivity index (χ0v) is 16.4. The van der Waals surface area contributed by atoms with Crippen LogP contribution in [-0.4, -0.2) is 52.0 Å². The van der Waals surface area contributed by atoms with Gasteiger partial charge in [0.25, 0.3) is 0 Å². The predicted octanol–water partition coefficient (Wildman–Crippen LogP) is 2.29. The third-order valence-electron chi connectivity index (χ3n) is 5.30. The standard InChI is InChI=1S/C21H22N6O3/c28-21(25-16-4-5-17-18(11-16)30-10-9-29-17)15-3-1-7-26(13-15)19-12-20(23-14-22-19)27-8-2-6-24-27/h2,4-6,8,11-12,14-15H,1,3,7,9-10,13H2,(H,25,28). The number of carbonyl (C=O) groups is 1. The van der Waals surface area contributed by atoms with Crippen molar-refractivity contribution in [3.63, 3.8) is 0 Å². The number of nitrogens with zero attached hydrogens (tertiary/aromatic N) is 5. The Morgan fingerprint density at radius 2 is 1.97 bits per heavy atom. The molecular formula is C21H22N6O3. The highest BCUT2D eigenvalue weighted by atomic mass is 16.6. The van der Waals surface area contributed by atoms with Gasteiger partial charge in [-0.1, -0.05) is 0 Å². The van der Waals surface area contributed by atoms with Gasteiger partial charge in [-0.25, -0.2) is 14.6 Å². The number of amides is 1. The van der Waals surface area contributed by atoms with Crippen molar-refractivity contribution in [3.05, 3.63) is 49.1 Å². The number of rotatable bonds is 4. The normalized spacial score (nSPS) is 18.1. The number of hydrogen-bond acceptors (Lipinski definition) is 7. The van der Waals surface area contributed by atoms with Crippen LogP contribution in [0.3, 0.4) is 0 Å². The lowest BCUT2D eigenvalue weighted by Gasteiger charge is -2.33. The van der Waals surface area contributed by atoms with E-state index in [1.54, 1.807) is 10.9 Å². The second-order valence-electron chi connectivity index (χ2n) is 7.32. The number of aromatic nitrogens is 4. The molecule has 1 aromatic carbocycles. The first-order valence-corrected chi connectivity index (χ1v) is 10.0. The number of anilines is 2. The van der Waals surface area contributed by atoms with Crippen LogP contribution < -0.4 is 19.7 Å². The molecule has 0 bridgehead atoms. The Hall–Kier alpha value is -3.62. The summed E-state index contributed by atoms with van der Waals surface area (Å²) in [5, 5.41) is 7.24. The SMILES string of the molecule is O=C(Nc1ccc2c(c1)OCCO2)C1CCCN(c2cc(-n3cccn3)ncn2)C1. The minimum atomic E-state index is -0.130. The van der Waals surface area contributed by atoms with Gasteiger partial charge in [0, 0.05) is 43.3 Å². The minimum absolute atomic E-state index is 0.00210. The molecule has 1 unspecified atom stereocenters. The Balaban J connectivity index is 1.27. The van der Waals surface area contributed by atoms with Crippen molar-refractivity contribution >= 4 is 17.4 Å². The van der Waals surface area contributed by atoms with Gasteiger partial charge in [-0.2, -0.15) is 5.10 Å². The first kappa shape index (κ1) is 18.4. The van der Waals surface area contributed by atoms with Crippen LogP contribution in [0.1, 0.15) is 12.8 Å². The maximum absolute atomic E-state index is 12.9. The smallest absolute Gasteiger partial charge is 0.229 e. The summed E-state index contributed by atoms with van der Waals surface area (Å²) in [6, 6.07) is 9.23. The molecule has 1 N–H and O–H groups in total. The molecule has 5 rings (SSSR count). The van der Waals surface area contributed by atoms with E-state index in [2.05, 4.69) is 25.3 Å². The van der Waals surface area contributed by atoms with E-state index in [1.165, 1.54) is 6.33 Å². The summed E-state index contributed by atoms with van der Waals surface area (Å²) in [6.45, 7) is 2.51. The third-order valence-corrected chi connectivity index (χ3v) is 5.30. The van der Waals surface area contributed by atoms with E-state index >= 15 is 0 Å². The van der Waals surface area contributed by atoms with E-state index < -0.39 is 0 Å². The Bertz CT molecular complexity index is 1040. The van der Waals surface area contributed by atoms with E-state index in [4.69, 9.17) is 9.47 Å². The van der Waals surface area contributed by atoms with Crippen molar-refractivity contribution in [2.45, 2.75) is 12.8 Å². The van der Waals surface area contributed by atoms with Crippen molar-refractivity contribution in [2.24, 2.45) is 5.92 Å². The topological polar surface area (TPSA) is 94.4 Å². The van der Waals surface area contributed by atoms with Gasteiger partial charge >= 0.3 is 0 Å². The molecule has 1 saturated heterocycles. The molecule has 4 heterocycles. The van der Waals surface area contributed by atoms with Gasteiger partial charge in [0.1, 0.15) is 25.4 Å². The van der Waals surface area contributed by atoms with E-state index in [0.717, 1.165) is 25.2 Å². The number of fused-ring (bicyclic) bond motifs is 1. The number of benzene rings is 1. The maximum Gasteiger partial charge on any atom is 0.229 e. The Morgan fingerprint density at radius 3 is 2.83 bits per heavy atom. The van der Waals surface area contributed by atoms with Crippen molar-refractivity contribution in [1.29, 1.82) is 0 Å². The maximum atomic E-state index is 12.9. The highest BCUT2D eigenvalue weighted by Gasteiger charge is 2.27. The number of hydrogen-bond donors (Lipinski definition) is 1. The summed E-state index contributed by atoms with van der Waals surface area (Å²) in [5.74, 6) is 2.74. The molecule has 2 aromatic heterocycles. The highest BCUT2D eigenvalue weighted by molar-refractivity contribution is 5.93. The largest absolute Gasteiger partial charge is 0.486 e. The summed E-state index contributed by atoms with van der Waals surface area (Å²) in [6.07, 6.45) is 6.84. The van der Waals surface area contributed by atoms with Crippen molar-refractivity contribution in [1.82, 2.24) is 19.7 Å². The molecule has 30 heavy (non-hydrogen) atoms. The molecule has 9 heteroatoms. The van der Waals surface area contributed by atoms with Crippen LogP contribution in [-0.2, 0) is 4.79 Å². The van der Waals surface area contributed by atoms with Crippen LogP contribution in [0, 0.1) is 5.92 Å². The molecule has 1 atom stereocenters. The van der Waals surface area contributed by atoms with Gasteiger partial charge < -0.3 is 19.7 Å². The lowest BCUT2D eigenvalue weighted by Crippen LogP contribution is -2.41. The summed E-state index contributed by atoms with van der Waals surface area (Å²) in [5.41, 5.74) is 0.712. The highest BCUT2D eigenvalue weighted by Crippen LogP contribution is 2.33. The zero-order chi connectivity index (χ0) is 20.3. The molecule has 0 spiro atoms. The molecule has 9 nitrogen and oxygen atoms in total. The fourth-order valence-electron chi connectivity index (χ4n) is 3.80. The predicted molar refractivity (Wildman–Crippen MR) is 110 cm³/mol. The van der Waals surface area contributed by atoms with Gasteiger partial charge in [0.05, 0.1) is 5.92 Å². The van der Waals surface area contributed by atoms with Crippen molar-refractivity contribution in [3.8, 4) is 17.3 Å². The lowest BCUT2D eigenvalue weighted by molar-refractivity contribution is -0.120. The van der Waals surface area contributed by atoms with Crippen molar-refractivity contribution in [2.75, 3.05) is 36.5 Å². The fourth-order valence-corrected chi connectivity index (χ4v) is 3.80. The van der Waals surface area contributed by atoms with Crippen LogP contribution in [0.2, 0.25) is 0 Å². The van der Waals surface area contributed by atoms with Gasteiger partial charge in [-0.3, -0.25) is 4.79 Å². The Kier molecular flexibility index (Phi) is 4.92. The monoisotopic (exact) mass is 406 g/mol. The fraction of sp³-hybridized carbons (Fsp3) is 0.333. The third kappa shape index (κ3) is 3.78. The Labute approximate surface area is 173 Å². The first-order chi connectivity index (χ1) is 14.8. The summed E-state index contributed by atoms with van der Waals surface area (Å²) >= 11 is 0. The lowest BCUT2D eigenvalue weighted by atomic mass is 9.97. The average molecular weight is 406 g/mol. The molecule has 0 radical (unpaired) electrons. The van der Waals surface area contributed by atoms with Crippen LogP contribution in [0.25, 0.3) is 5.82 Å². The van der Waals surface area contributed by atoms with Gasteiger partial charge in [-0.05, 0) is 31.0 Å². The molecule has 0 saturated carbocycles. The molecule has 154 valence electrons. The van der Waals surface area contributed by atoms with E-state index in [-0.39, 0.29) is 11.8 Å². The van der Waals surface area contributed by atoms with E-state index in [9.17, 15) is 4.79 Å². The summed E-state index contributed by atoms with van der Waals surface area (Å²) < 4.78 is 12.8. The first-order valence-electron chi connectivity index (χ1n) is 10.0. The van der Waals surface area contributed by atoms with Crippen LogP contribution >= 0.6 is 0 Å². The molecule has 0 aliphatic carbocycles. The zero-order valence-electron chi connectivity index (χ0n) is 16.4. The molecule has 2 aliphatic heterocycles. The second kappa shape index (κ2) is 8.02. The average Bonchev–Trinajstić information content (AvgIpc) is 3.34. The number of piperidine rings is 1. The van der Waals surface area contributed by atoms with Gasteiger partial charge in [0.15, 0.2) is 17.3 Å². The van der Waals surface area contributed by atoms with Gasteiger partial charge in [0.2, 0.25) is 5.91 Å². The second-order valence-corrected chi connectivity index (χ2v) is 7.32. The molecule has 1 fully saturated rings. The molecule has 2 aliphatic rings. The van der Waals surface area contributed by atoms with Crippen LogP contribution in [0.15, 0.2) is 49.1 Å². The van der Waals surface area contributed by atoms with E-state index in [0.29, 0.717) is 42.8 Å². The number of ether oxygens (including phenoxy) is 2. The number of carbonyl (C=O) groups excluding carboxylic acids is 1. The minimum Gasteiger partial charge on any atom is -0.486 e. The summed E-state index contributed by atoms with van der Waals surface area (Å²) in [4.78, 5) is 23.7. The quantitative estimate of drug-likeness (QED) is 0.710. The molecular weight excluding hydrogens is 384 g/mol. The summed E-state index contributed by atoms with van der Waals surface area (Å²) in [7, 11) is 0. The molecule has 3 aromatic rings. The van der Waals surface area contributed by atoms with Gasteiger partial charge in [-0.15, -0.1) is 0 Å².